The molecule has 1 saturated heterocycles. The first kappa shape index (κ1) is 11.7. The zero-order chi connectivity index (χ0) is 11.8. The van der Waals surface area contributed by atoms with Crippen LogP contribution in [-0.2, 0) is 0 Å². The van der Waals surface area contributed by atoms with E-state index in [0.29, 0.717) is 0 Å². The van der Waals surface area contributed by atoms with Crippen LogP contribution in [0, 0.1) is 6.92 Å². The van der Waals surface area contributed by atoms with Crippen LogP contribution in [-0.4, -0.2) is 18.6 Å². The highest BCUT2D eigenvalue weighted by molar-refractivity contribution is 6.31. The van der Waals surface area contributed by atoms with Gasteiger partial charge in [-0.15, -0.1) is 0 Å². The molecule has 0 aromatic heterocycles. The van der Waals surface area contributed by atoms with Crippen LogP contribution in [0.15, 0.2) is 18.2 Å². The largest absolute Gasteiger partial charge is 0.371 e. The molecule has 1 heterocycles. The Labute approximate surface area is 102 Å². The molecule has 0 atom stereocenters. The molecule has 0 bridgehead atoms. The highest BCUT2D eigenvalue weighted by atomic mass is 35.5. The van der Waals surface area contributed by atoms with Gasteiger partial charge in [-0.2, -0.15) is 0 Å². The van der Waals surface area contributed by atoms with Crippen LogP contribution in [0.2, 0.25) is 5.02 Å². The molecule has 0 amide bonds. The van der Waals surface area contributed by atoms with Crippen molar-refractivity contribution in [3.63, 3.8) is 0 Å². The molecule has 1 aromatic rings. The van der Waals surface area contributed by atoms with Crippen LogP contribution < -0.4 is 10.6 Å². The van der Waals surface area contributed by atoms with Gasteiger partial charge in [0.2, 0.25) is 0 Å². The van der Waals surface area contributed by atoms with Crippen molar-refractivity contribution < 1.29 is 0 Å². The maximum atomic E-state index is 6.14. The highest BCUT2D eigenvalue weighted by Gasteiger charge is 2.26. The van der Waals surface area contributed by atoms with Crippen LogP contribution >= 0.6 is 11.6 Å². The molecule has 16 heavy (non-hydrogen) atoms. The molecule has 2 N–H and O–H groups in total. The van der Waals surface area contributed by atoms with E-state index in [1.54, 1.807) is 0 Å². The van der Waals surface area contributed by atoms with Crippen LogP contribution in [0.5, 0.6) is 0 Å². The first-order valence-corrected chi connectivity index (χ1v) is 6.16. The van der Waals surface area contributed by atoms with E-state index < -0.39 is 0 Å². The van der Waals surface area contributed by atoms with Crippen molar-refractivity contribution in [1.82, 2.24) is 0 Å². The fraction of sp³-hybridized carbons (Fsp3) is 0.538. The lowest BCUT2D eigenvalue weighted by molar-refractivity contribution is 0.364. The third-order valence-electron chi connectivity index (χ3n) is 3.49. The van der Waals surface area contributed by atoms with Crippen LogP contribution in [0.4, 0.5) is 5.69 Å². The molecule has 0 aliphatic carbocycles. The summed E-state index contributed by atoms with van der Waals surface area (Å²) in [5.41, 5.74) is 8.56. The van der Waals surface area contributed by atoms with Crippen molar-refractivity contribution in [3.05, 3.63) is 28.8 Å². The fourth-order valence-electron chi connectivity index (χ4n) is 2.20. The van der Waals surface area contributed by atoms with Crippen LogP contribution in [0.3, 0.4) is 0 Å². The Bertz CT molecular complexity index is 378. The Morgan fingerprint density at radius 3 is 2.56 bits per heavy atom. The second kappa shape index (κ2) is 4.27. The van der Waals surface area contributed by atoms with Crippen molar-refractivity contribution in [2.24, 2.45) is 5.73 Å². The summed E-state index contributed by atoms with van der Waals surface area (Å²) in [5.74, 6) is 0. The molecule has 0 spiro atoms. The van der Waals surface area contributed by atoms with E-state index in [0.717, 1.165) is 31.0 Å². The minimum atomic E-state index is 0.00296. The highest BCUT2D eigenvalue weighted by Crippen LogP contribution is 2.30. The van der Waals surface area contributed by atoms with Crippen molar-refractivity contribution >= 4 is 17.3 Å². The minimum Gasteiger partial charge on any atom is -0.371 e. The number of rotatable bonds is 1. The smallest absolute Gasteiger partial charge is 0.0455 e. The van der Waals surface area contributed by atoms with Crippen molar-refractivity contribution in [2.75, 3.05) is 18.0 Å². The number of anilines is 1. The molecule has 1 aromatic carbocycles. The van der Waals surface area contributed by atoms with Gasteiger partial charge in [-0.3, -0.25) is 0 Å². The second-order valence-corrected chi connectivity index (χ2v) is 5.43. The summed E-state index contributed by atoms with van der Waals surface area (Å²) in [6.45, 7) is 6.26. The lowest BCUT2D eigenvalue weighted by Gasteiger charge is -2.38. The summed E-state index contributed by atoms with van der Waals surface area (Å²) >= 11 is 6.14. The summed E-state index contributed by atoms with van der Waals surface area (Å²) < 4.78 is 0. The van der Waals surface area contributed by atoms with Gasteiger partial charge in [0.1, 0.15) is 0 Å². The van der Waals surface area contributed by atoms with Gasteiger partial charge in [0.15, 0.2) is 0 Å². The second-order valence-electron chi connectivity index (χ2n) is 5.03. The van der Waals surface area contributed by atoms with Gasteiger partial charge in [-0.25, -0.2) is 0 Å². The number of halogens is 1. The van der Waals surface area contributed by atoms with Gasteiger partial charge in [-0.05, 0) is 44.4 Å². The predicted molar refractivity (Wildman–Crippen MR) is 70.2 cm³/mol. The first-order valence-electron chi connectivity index (χ1n) is 5.78. The maximum absolute atomic E-state index is 6.14. The molecule has 0 unspecified atom stereocenters. The Morgan fingerprint density at radius 2 is 1.94 bits per heavy atom. The molecule has 1 fully saturated rings. The van der Waals surface area contributed by atoms with E-state index >= 15 is 0 Å². The Balaban J connectivity index is 2.17. The van der Waals surface area contributed by atoms with E-state index in [-0.39, 0.29) is 5.54 Å². The molecule has 3 heteroatoms. The lowest BCUT2D eigenvalue weighted by atomic mass is 9.90. The molecular formula is C13H19ClN2. The predicted octanol–water partition coefficient (Wildman–Crippen LogP) is 2.97. The Kier molecular flexibility index (Phi) is 3.13. The van der Waals surface area contributed by atoms with Crippen molar-refractivity contribution in [1.29, 1.82) is 0 Å². The van der Waals surface area contributed by atoms with Crippen molar-refractivity contribution in [2.45, 2.75) is 32.2 Å². The average Bonchev–Trinajstić information content (AvgIpc) is 2.23. The average molecular weight is 239 g/mol. The fourth-order valence-corrected chi connectivity index (χ4v) is 2.37. The number of nitrogens with zero attached hydrogens (tertiary/aromatic N) is 1. The van der Waals surface area contributed by atoms with Gasteiger partial charge < -0.3 is 10.6 Å². The first-order chi connectivity index (χ1) is 7.49. The standard InChI is InChI=1S/C13H19ClN2/c1-10-11(14)4-3-5-12(10)16-8-6-13(2,15)7-9-16/h3-5H,6-9,15H2,1-2H3. The Morgan fingerprint density at radius 1 is 1.31 bits per heavy atom. The molecular weight excluding hydrogens is 220 g/mol. The molecule has 88 valence electrons. The number of benzene rings is 1. The van der Waals surface area contributed by atoms with Gasteiger partial charge in [0.25, 0.3) is 0 Å². The van der Waals surface area contributed by atoms with E-state index in [1.165, 1.54) is 11.3 Å². The molecule has 0 saturated carbocycles. The third kappa shape index (κ3) is 2.33. The topological polar surface area (TPSA) is 29.3 Å². The number of piperidine rings is 1. The van der Waals surface area contributed by atoms with Gasteiger partial charge in [0.05, 0.1) is 0 Å². The summed E-state index contributed by atoms with van der Waals surface area (Å²) in [6, 6.07) is 6.10. The quantitative estimate of drug-likeness (QED) is 0.815. The van der Waals surface area contributed by atoms with E-state index in [2.05, 4.69) is 24.8 Å². The van der Waals surface area contributed by atoms with E-state index in [9.17, 15) is 0 Å². The molecule has 2 nitrogen and oxygen atoms in total. The van der Waals surface area contributed by atoms with Crippen LogP contribution in [0.1, 0.15) is 25.3 Å². The summed E-state index contributed by atoms with van der Waals surface area (Å²) in [6.07, 6.45) is 2.08. The number of hydrogen-bond acceptors (Lipinski definition) is 2. The summed E-state index contributed by atoms with van der Waals surface area (Å²) in [5, 5.41) is 0.846. The van der Waals surface area contributed by atoms with Crippen LogP contribution in [0.25, 0.3) is 0 Å². The molecule has 1 aliphatic rings. The number of nitrogens with two attached hydrogens (primary N) is 1. The Hall–Kier alpha value is -0.730. The normalized spacial score (nSPS) is 19.9. The summed E-state index contributed by atoms with van der Waals surface area (Å²) in [7, 11) is 0. The van der Waals surface area contributed by atoms with Gasteiger partial charge in [0, 0.05) is 29.3 Å². The lowest BCUT2D eigenvalue weighted by Crippen LogP contribution is -2.48. The molecule has 0 radical (unpaired) electrons. The monoisotopic (exact) mass is 238 g/mol. The van der Waals surface area contributed by atoms with Crippen molar-refractivity contribution in [3.8, 4) is 0 Å². The minimum absolute atomic E-state index is 0.00296. The van der Waals surface area contributed by atoms with Gasteiger partial charge in [-0.1, -0.05) is 17.7 Å². The maximum Gasteiger partial charge on any atom is 0.0455 e. The van der Waals surface area contributed by atoms with E-state index in [4.69, 9.17) is 17.3 Å². The van der Waals surface area contributed by atoms with Gasteiger partial charge >= 0.3 is 0 Å². The molecule has 1 aliphatic heterocycles. The third-order valence-corrected chi connectivity index (χ3v) is 3.89. The zero-order valence-corrected chi connectivity index (χ0v) is 10.7. The van der Waals surface area contributed by atoms with E-state index in [1.807, 2.05) is 12.1 Å². The zero-order valence-electron chi connectivity index (χ0n) is 9.96. The SMILES string of the molecule is Cc1c(Cl)cccc1N1CCC(C)(N)CC1. The molecule has 2 rings (SSSR count). The number of hydrogen-bond donors (Lipinski definition) is 1. The summed E-state index contributed by atoms with van der Waals surface area (Å²) in [4.78, 5) is 2.38.